The Hall–Kier alpha value is 1.41. The first kappa shape index (κ1) is 11.5. The van der Waals surface area contributed by atoms with Crippen molar-refractivity contribution in [2.24, 2.45) is 0 Å². The zero-order valence-corrected chi connectivity index (χ0v) is 9.58. The summed E-state index contributed by atoms with van der Waals surface area (Å²) in [4.78, 5) is 0. The lowest BCUT2D eigenvalue weighted by Gasteiger charge is -2.38. The van der Waals surface area contributed by atoms with E-state index >= 15 is 0 Å². The van der Waals surface area contributed by atoms with E-state index in [1.165, 1.54) is 0 Å². The molecule has 0 spiro atoms. The first-order valence-electron chi connectivity index (χ1n) is 3.35. The van der Waals surface area contributed by atoms with E-state index in [0.29, 0.717) is 0 Å². The van der Waals surface area contributed by atoms with Gasteiger partial charge in [0.15, 0.2) is 0 Å². The maximum atomic E-state index is 9.41. The van der Waals surface area contributed by atoms with Gasteiger partial charge in [-0.05, 0) is 0 Å². The molecule has 0 aromatic rings. The molecule has 1 rings (SSSR count). The van der Waals surface area contributed by atoms with Crippen molar-refractivity contribution in [3.63, 3.8) is 0 Å². The molecule has 4 atom stereocenters. The quantitative estimate of drug-likeness (QED) is 0.671. The van der Waals surface area contributed by atoms with Crippen LogP contribution in [0, 0.1) is 0 Å². The van der Waals surface area contributed by atoms with E-state index in [-0.39, 0.29) is 0 Å². The summed E-state index contributed by atoms with van der Waals surface area (Å²) >= 11 is 29.0. The molecular formula is C6H7Cl5O. The van der Waals surface area contributed by atoms with Gasteiger partial charge in [0, 0.05) is 0 Å². The van der Waals surface area contributed by atoms with Gasteiger partial charge >= 0.3 is 0 Å². The van der Waals surface area contributed by atoms with Crippen molar-refractivity contribution in [3.05, 3.63) is 0 Å². The van der Waals surface area contributed by atoms with Crippen LogP contribution in [0.2, 0.25) is 0 Å². The summed E-state index contributed by atoms with van der Waals surface area (Å²) in [6, 6.07) is 0. The van der Waals surface area contributed by atoms with Crippen molar-refractivity contribution < 1.29 is 5.11 Å². The SMILES string of the molecule is OC1[C@H](Cl)[C@@H](Cl)C(Cl)[C@H](Cl)[C@H]1Cl. The van der Waals surface area contributed by atoms with E-state index in [9.17, 15) is 5.11 Å². The van der Waals surface area contributed by atoms with E-state index in [4.69, 9.17) is 58.0 Å². The second-order valence-corrected chi connectivity index (χ2v) is 5.23. The molecule has 0 aliphatic heterocycles. The van der Waals surface area contributed by atoms with Gasteiger partial charge < -0.3 is 5.11 Å². The maximum absolute atomic E-state index is 9.41. The lowest BCUT2D eigenvalue weighted by atomic mass is 9.95. The average molecular weight is 272 g/mol. The molecule has 0 aromatic heterocycles. The average Bonchev–Trinajstić information content (AvgIpc) is 2.08. The molecule has 1 aliphatic carbocycles. The molecule has 0 heterocycles. The summed E-state index contributed by atoms with van der Waals surface area (Å²) in [6.07, 6.45) is -0.909. The molecule has 6 heteroatoms. The van der Waals surface area contributed by atoms with Gasteiger partial charge in [-0.3, -0.25) is 0 Å². The minimum Gasteiger partial charge on any atom is -0.390 e. The number of aliphatic hydroxyl groups is 1. The van der Waals surface area contributed by atoms with Crippen LogP contribution in [0.15, 0.2) is 0 Å². The molecule has 72 valence electrons. The number of hydrogen-bond donors (Lipinski definition) is 1. The van der Waals surface area contributed by atoms with Gasteiger partial charge in [0.05, 0.1) is 33.0 Å². The van der Waals surface area contributed by atoms with Crippen LogP contribution >= 0.6 is 58.0 Å². The van der Waals surface area contributed by atoms with Crippen LogP contribution in [0.1, 0.15) is 0 Å². The van der Waals surface area contributed by atoms with Gasteiger partial charge in [0.2, 0.25) is 0 Å². The van der Waals surface area contributed by atoms with E-state index in [0.717, 1.165) is 0 Å². The van der Waals surface area contributed by atoms with Crippen LogP contribution in [0.4, 0.5) is 0 Å². The molecule has 0 radical (unpaired) electrons. The zero-order chi connectivity index (χ0) is 9.46. The fourth-order valence-corrected chi connectivity index (χ4v) is 2.93. The van der Waals surface area contributed by atoms with Crippen molar-refractivity contribution >= 4 is 58.0 Å². The second-order valence-electron chi connectivity index (χ2n) is 2.71. The number of halogens is 5. The lowest BCUT2D eigenvalue weighted by Crippen LogP contribution is -2.54. The summed E-state index contributed by atoms with van der Waals surface area (Å²) in [7, 11) is 0. The smallest absolute Gasteiger partial charge is 0.0896 e. The highest BCUT2D eigenvalue weighted by molar-refractivity contribution is 6.41. The Labute approximate surface area is 95.9 Å². The van der Waals surface area contributed by atoms with Crippen LogP contribution < -0.4 is 0 Å². The van der Waals surface area contributed by atoms with Crippen LogP contribution in [-0.4, -0.2) is 38.1 Å². The van der Waals surface area contributed by atoms with Gasteiger partial charge in [0.25, 0.3) is 0 Å². The fourth-order valence-electron chi connectivity index (χ4n) is 1.08. The first-order valence-corrected chi connectivity index (χ1v) is 5.53. The Morgan fingerprint density at radius 3 is 1.17 bits per heavy atom. The molecule has 0 amide bonds. The molecule has 0 unspecified atom stereocenters. The monoisotopic (exact) mass is 270 g/mol. The Balaban J connectivity index is 2.76. The molecule has 0 aromatic carbocycles. The molecule has 0 saturated heterocycles. The second kappa shape index (κ2) is 4.29. The van der Waals surface area contributed by atoms with Crippen molar-refractivity contribution in [1.82, 2.24) is 0 Å². The molecule has 1 fully saturated rings. The summed E-state index contributed by atoms with van der Waals surface area (Å²) < 4.78 is 0. The summed E-state index contributed by atoms with van der Waals surface area (Å²) in [5.41, 5.74) is 0. The van der Waals surface area contributed by atoms with E-state index < -0.39 is 33.0 Å². The standard InChI is InChI=1S/C6H7Cl5O/c7-1-2(8)4(10)6(12)5(11)3(1)9/h1-6,12H/t1?,2-,3-,4+,5+,6?/m0/s1. The number of hydrogen-bond acceptors (Lipinski definition) is 1. The third-order valence-electron chi connectivity index (χ3n) is 1.87. The molecule has 1 N–H and O–H groups in total. The summed E-state index contributed by atoms with van der Waals surface area (Å²) in [6.45, 7) is 0. The highest BCUT2D eigenvalue weighted by Crippen LogP contribution is 2.37. The molecule has 1 aliphatic rings. The Kier molecular flexibility index (Phi) is 4.10. The van der Waals surface area contributed by atoms with Gasteiger partial charge in [-0.1, -0.05) is 0 Å². The minimum absolute atomic E-state index is 0.512. The third kappa shape index (κ3) is 1.92. The fraction of sp³-hybridized carbons (Fsp3) is 1.00. The minimum atomic E-state index is -0.909. The summed E-state index contributed by atoms with van der Waals surface area (Å²) in [5, 5.41) is 6.50. The predicted octanol–water partition coefficient (Wildman–Crippen LogP) is 2.40. The third-order valence-corrected chi connectivity index (χ3v) is 5.07. The summed E-state index contributed by atoms with van der Waals surface area (Å²) in [5.74, 6) is 0. The molecule has 0 bridgehead atoms. The number of rotatable bonds is 0. The number of aliphatic hydroxyl groups excluding tert-OH is 1. The van der Waals surface area contributed by atoms with Crippen molar-refractivity contribution in [1.29, 1.82) is 0 Å². The predicted molar refractivity (Wildman–Crippen MR) is 54.2 cm³/mol. The molecule has 1 nitrogen and oxygen atoms in total. The van der Waals surface area contributed by atoms with Crippen LogP contribution in [0.3, 0.4) is 0 Å². The highest BCUT2D eigenvalue weighted by atomic mass is 35.5. The Morgan fingerprint density at radius 2 is 0.833 bits per heavy atom. The topological polar surface area (TPSA) is 20.2 Å². The molecule has 12 heavy (non-hydrogen) atoms. The normalized spacial score (nSPS) is 55.5. The molecule has 1 saturated carbocycles. The number of alkyl halides is 5. The van der Waals surface area contributed by atoms with E-state index in [2.05, 4.69) is 0 Å². The van der Waals surface area contributed by atoms with Gasteiger partial charge in [0.1, 0.15) is 0 Å². The lowest BCUT2D eigenvalue weighted by molar-refractivity contribution is 0.143. The van der Waals surface area contributed by atoms with Gasteiger partial charge in [-0.25, -0.2) is 0 Å². The highest BCUT2D eigenvalue weighted by Gasteiger charge is 2.46. The maximum Gasteiger partial charge on any atom is 0.0896 e. The molecular weight excluding hydrogens is 265 g/mol. The van der Waals surface area contributed by atoms with Crippen LogP contribution in [-0.2, 0) is 0 Å². The van der Waals surface area contributed by atoms with E-state index in [1.807, 2.05) is 0 Å². The van der Waals surface area contributed by atoms with Gasteiger partial charge in [-0.15, -0.1) is 58.0 Å². The van der Waals surface area contributed by atoms with Crippen molar-refractivity contribution in [2.75, 3.05) is 0 Å². The van der Waals surface area contributed by atoms with Gasteiger partial charge in [-0.2, -0.15) is 0 Å². The zero-order valence-electron chi connectivity index (χ0n) is 5.80. The van der Waals surface area contributed by atoms with Crippen molar-refractivity contribution in [3.8, 4) is 0 Å². The largest absolute Gasteiger partial charge is 0.390 e. The van der Waals surface area contributed by atoms with Crippen LogP contribution in [0.5, 0.6) is 0 Å². The Morgan fingerprint density at radius 1 is 0.583 bits per heavy atom. The van der Waals surface area contributed by atoms with Crippen molar-refractivity contribution in [2.45, 2.75) is 33.0 Å². The van der Waals surface area contributed by atoms with E-state index in [1.54, 1.807) is 0 Å². The first-order chi connectivity index (χ1) is 5.46. The van der Waals surface area contributed by atoms with Crippen LogP contribution in [0.25, 0.3) is 0 Å². The Bertz CT molecular complexity index is 107.